The molecule has 1 aromatic rings. The van der Waals surface area contributed by atoms with Gasteiger partial charge in [0.05, 0.1) is 5.69 Å². The molecule has 0 aliphatic carbocycles. The third-order valence-corrected chi connectivity index (χ3v) is 1.64. The number of rotatable bonds is 3. The molecule has 17 heavy (non-hydrogen) atoms. The third kappa shape index (κ3) is 3.28. The minimum Gasteiger partial charge on any atom is -0.478 e. The fourth-order valence-corrected chi connectivity index (χ4v) is 1.03. The molecule has 0 saturated carbocycles. The van der Waals surface area contributed by atoms with Crippen molar-refractivity contribution in [3.63, 3.8) is 0 Å². The Hall–Kier alpha value is -1.90. The second-order valence-electron chi connectivity index (χ2n) is 2.84. The Balaban J connectivity index is 3.32. The van der Waals surface area contributed by atoms with Crippen molar-refractivity contribution in [2.24, 2.45) is 5.73 Å². The zero-order valence-electron chi connectivity index (χ0n) is 8.08. The number of ether oxygens (including phenoxy) is 1. The Labute approximate surface area is 91.8 Å². The summed E-state index contributed by atoms with van der Waals surface area (Å²) in [5, 5.41) is 8.62. The second kappa shape index (κ2) is 4.53. The highest BCUT2D eigenvalue weighted by molar-refractivity contribution is 5.90. The van der Waals surface area contributed by atoms with Gasteiger partial charge in [-0.25, -0.2) is 9.78 Å². The average molecular weight is 254 g/mol. The van der Waals surface area contributed by atoms with E-state index in [0.717, 1.165) is 0 Å². The first kappa shape index (κ1) is 13.2. The Bertz CT molecular complexity index is 447. The first-order valence-corrected chi connectivity index (χ1v) is 4.13. The average Bonchev–Trinajstić information content (AvgIpc) is 2.18. The lowest BCUT2D eigenvalue weighted by Gasteiger charge is -2.12. The Morgan fingerprint density at radius 1 is 1.53 bits per heavy atom. The molecule has 1 aromatic heterocycles. The number of nitrogens with zero attached hydrogens (tertiary/aromatic N) is 1. The van der Waals surface area contributed by atoms with Gasteiger partial charge in [0.1, 0.15) is 5.56 Å². The molecule has 0 aliphatic heterocycles. The summed E-state index contributed by atoms with van der Waals surface area (Å²) in [4.78, 5) is 13.7. The van der Waals surface area contributed by atoms with E-state index in [-0.39, 0.29) is 12.2 Å². The molecule has 0 aromatic carbocycles. The molecule has 0 bridgehead atoms. The Morgan fingerprint density at radius 2 is 2.12 bits per heavy atom. The van der Waals surface area contributed by atoms with Gasteiger partial charge >= 0.3 is 12.3 Å². The Morgan fingerprint density at radius 3 is 2.53 bits per heavy atom. The van der Waals surface area contributed by atoms with Crippen LogP contribution in [-0.4, -0.2) is 22.4 Å². The van der Waals surface area contributed by atoms with Crippen molar-refractivity contribution >= 4 is 5.97 Å². The van der Waals surface area contributed by atoms with Crippen LogP contribution in [0.3, 0.4) is 0 Å². The summed E-state index contributed by atoms with van der Waals surface area (Å²) in [5.74, 6) is -4.94. The number of hydrogen-bond acceptors (Lipinski definition) is 4. The number of carboxylic acids is 1. The third-order valence-electron chi connectivity index (χ3n) is 1.64. The summed E-state index contributed by atoms with van der Waals surface area (Å²) in [6, 6.07) is 0.715. The number of carboxylic acid groups (broad SMARTS) is 1. The van der Waals surface area contributed by atoms with E-state index >= 15 is 0 Å². The number of alkyl halides is 3. The van der Waals surface area contributed by atoms with Crippen LogP contribution in [0.15, 0.2) is 6.07 Å². The van der Waals surface area contributed by atoms with Crippen molar-refractivity contribution < 1.29 is 32.2 Å². The van der Waals surface area contributed by atoms with Gasteiger partial charge in [0, 0.05) is 6.54 Å². The molecule has 0 aliphatic rings. The monoisotopic (exact) mass is 254 g/mol. The molecular formula is C8H6F4N2O3. The molecule has 5 nitrogen and oxygen atoms in total. The van der Waals surface area contributed by atoms with E-state index in [1.54, 1.807) is 0 Å². The van der Waals surface area contributed by atoms with E-state index < -0.39 is 29.6 Å². The first-order chi connectivity index (χ1) is 7.74. The molecular weight excluding hydrogens is 248 g/mol. The van der Waals surface area contributed by atoms with E-state index in [1.807, 2.05) is 0 Å². The number of nitrogens with two attached hydrogens (primary N) is 1. The summed E-state index contributed by atoms with van der Waals surface area (Å²) in [6.07, 6.45) is -5.21. The summed E-state index contributed by atoms with van der Waals surface area (Å²) in [5.41, 5.74) is 3.89. The van der Waals surface area contributed by atoms with Crippen LogP contribution in [0.25, 0.3) is 0 Å². The van der Waals surface area contributed by atoms with Gasteiger partial charge in [-0.3, -0.25) is 0 Å². The van der Waals surface area contributed by atoms with Gasteiger partial charge in [-0.1, -0.05) is 0 Å². The van der Waals surface area contributed by atoms with Crippen LogP contribution in [0.5, 0.6) is 5.75 Å². The zero-order chi connectivity index (χ0) is 13.2. The maximum atomic E-state index is 13.1. The van der Waals surface area contributed by atoms with Crippen LogP contribution < -0.4 is 10.5 Å². The maximum absolute atomic E-state index is 13.1. The van der Waals surface area contributed by atoms with Gasteiger partial charge < -0.3 is 15.6 Å². The fraction of sp³-hybridized carbons (Fsp3) is 0.250. The fourth-order valence-electron chi connectivity index (χ4n) is 1.03. The van der Waals surface area contributed by atoms with Crippen LogP contribution in [-0.2, 0) is 6.54 Å². The summed E-state index contributed by atoms with van der Waals surface area (Å²) in [6.45, 7) is -0.316. The maximum Gasteiger partial charge on any atom is 0.573 e. The van der Waals surface area contributed by atoms with E-state index in [4.69, 9.17) is 10.8 Å². The predicted molar refractivity (Wildman–Crippen MR) is 45.7 cm³/mol. The molecule has 1 rings (SSSR count). The van der Waals surface area contributed by atoms with Crippen LogP contribution in [0, 0.1) is 5.95 Å². The number of aromatic nitrogens is 1. The van der Waals surface area contributed by atoms with Crippen LogP contribution in [0.4, 0.5) is 17.6 Å². The van der Waals surface area contributed by atoms with Crippen molar-refractivity contribution in [2.75, 3.05) is 0 Å². The van der Waals surface area contributed by atoms with E-state index in [0.29, 0.717) is 6.07 Å². The lowest BCUT2D eigenvalue weighted by atomic mass is 10.2. The molecule has 1 heterocycles. The van der Waals surface area contributed by atoms with Gasteiger partial charge in [0.2, 0.25) is 0 Å². The van der Waals surface area contributed by atoms with Crippen LogP contribution in [0.1, 0.15) is 16.1 Å². The SMILES string of the molecule is NCc1cc(C(=O)O)c(OC(F)(F)F)c(F)n1. The summed E-state index contributed by atoms with van der Waals surface area (Å²) in [7, 11) is 0. The van der Waals surface area contributed by atoms with Crippen LogP contribution >= 0.6 is 0 Å². The highest BCUT2D eigenvalue weighted by Gasteiger charge is 2.35. The molecule has 0 atom stereocenters. The molecule has 0 radical (unpaired) electrons. The van der Waals surface area contributed by atoms with Gasteiger partial charge in [-0.05, 0) is 6.07 Å². The molecule has 0 spiro atoms. The van der Waals surface area contributed by atoms with Crippen molar-refractivity contribution in [1.29, 1.82) is 0 Å². The molecule has 0 amide bonds. The zero-order valence-corrected chi connectivity index (χ0v) is 8.08. The van der Waals surface area contributed by atoms with Gasteiger partial charge in [-0.2, -0.15) is 4.39 Å². The largest absolute Gasteiger partial charge is 0.573 e. The minimum atomic E-state index is -5.21. The number of pyridine rings is 1. The molecule has 3 N–H and O–H groups in total. The van der Waals surface area contributed by atoms with Gasteiger partial charge in [0.15, 0.2) is 5.75 Å². The summed E-state index contributed by atoms with van der Waals surface area (Å²) >= 11 is 0. The highest BCUT2D eigenvalue weighted by Crippen LogP contribution is 2.28. The van der Waals surface area contributed by atoms with E-state index in [9.17, 15) is 22.4 Å². The van der Waals surface area contributed by atoms with E-state index in [2.05, 4.69) is 9.72 Å². The Kier molecular flexibility index (Phi) is 3.51. The van der Waals surface area contributed by atoms with Crippen molar-refractivity contribution in [3.8, 4) is 5.75 Å². The number of aromatic carboxylic acids is 1. The second-order valence-corrected chi connectivity index (χ2v) is 2.84. The molecule has 0 fully saturated rings. The highest BCUT2D eigenvalue weighted by atomic mass is 19.4. The normalized spacial score (nSPS) is 11.4. The number of halogens is 4. The number of carbonyl (C=O) groups is 1. The number of hydrogen-bond donors (Lipinski definition) is 2. The van der Waals surface area contributed by atoms with Crippen molar-refractivity contribution in [2.45, 2.75) is 12.9 Å². The summed E-state index contributed by atoms with van der Waals surface area (Å²) < 4.78 is 52.1. The first-order valence-electron chi connectivity index (χ1n) is 4.13. The van der Waals surface area contributed by atoms with Crippen molar-refractivity contribution in [1.82, 2.24) is 4.98 Å². The molecule has 94 valence electrons. The lowest BCUT2D eigenvalue weighted by molar-refractivity contribution is -0.275. The molecule has 9 heteroatoms. The quantitative estimate of drug-likeness (QED) is 0.626. The topological polar surface area (TPSA) is 85.4 Å². The molecule has 0 unspecified atom stereocenters. The predicted octanol–water partition coefficient (Wildman–Crippen LogP) is 1.28. The standard InChI is InChI=1S/C8H6F4N2O3/c9-6-5(17-8(10,11)12)4(7(15)16)1-3(2-13)14-6/h1H,2,13H2,(H,15,16). The van der Waals surface area contributed by atoms with Crippen LogP contribution in [0.2, 0.25) is 0 Å². The van der Waals surface area contributed by atoms with E-state index in [1.165, 1.54) is 0 Å². The molecule has 0 saturated heterocycles. The van der Waals surface area contributed by atoms with Gasteiger partial charge in [0.25, 0.3) is 5.95 Å². The lowest BCUT2D eigenvalue weighted by Crippen LogP contribution is -2.21. The minimum absolute atomic E-state index is 0.200. The smallest absolute Gasteiger partial charge is 0.478 e. The van der Waals surface area contributed by atoms with Crippen molar-refractivity contribution in [3.05, 3.63) is 23.3 Å². The van der Waals surface area contributed by atoms with Gasteiger partial charge in [-0.15, -0.1) is 13.2 Å².